The molecular formula is C27H44O5. The summed E-state index contributed by atoms with van der Waals surface area (Å²) in [6.45, 7) is 11.7. The number of aliphatic hydroxyl groups excluding tert-OH is 4. The Morgan fingerprint density at radius 2 is 1.91 bits per heavy atom. The van der Waals surface area contributed by atoms with Crippen molar-refractivity contribution in [1.29, 1.82) is 0 Å². The second-order valence-electron chi connectivity index (χ2n) is 12.3. The fraction of sp³-hybridized carbons (Fsp3) is 0.852. The molecule has 5 heteroatoms. The molecule has 3 saturated carbocycles. The summed E-state index contributed by atoms with van der Waals surface area (Å²) in [7, 11) is 0. The van der Waals surface area contributed by atoms with E-state index in [2.05, 4.69) is 26.5 Å². The van der Waals surface area contributed by atoms with E-state index in [0.717, 1.165) is 25.7 Å². The first-order valence-electron chi connectivity index (χ1n) is 12.6. The minimum absolute atomic E-state index is 0.00160. The molecule has 0 spiro atoms. The van der Waals surface area contributed by atoms with Gasteiger partial charge in [-0.05, 0) is 88.4 Å². The molecule has 11 atom stereocenters. The highest BCUT2D eigenvalue weighted by atomic mass is 16.3. The number of hydrogen-bond donors (Lipinski definition) is 5. The summed E-state index contributed by atoms with van der Waals surface area (Å²) in [5.74, 6) is 0.392. The normalized spacial score (nSPS) is 48.7. The predicted molar refractivity (Wildman–Crippen MR) is 125 cm³/mol. The first kappa shape index (κ1) is 24.4. The van der Waals surface area contributed by atoms with Crippen molar-refractivity contribution in [2.24, 2.45) is 34.5 Å². The molecule has 4 aliphatic rings. The van der Waals surface area contributed by atoms with Gasteiger partial charge >= 0.3 is 0 Å². The maximum absolute atomic E-state index is 11.6. The summed E-state index contributed by atoms with van der Waals surface area (Å²) >= 11 is 0. The molecule has 4 rings (SSSR count). The van der Waals surface area contributed by atoms with E-state index in [-0.39, 0.29) is 17.4 Å². The van der Waals surface area contributed by atoms with Gasteiger partial charge in [0.25, 0.3) is 0 Å². The minimum atomic E-state index is -1.19. The molecule has 0 aromatic rings. The molecule has 32 heavy (non-hydrogen) atoms. The van der Waals surface area contributed by atoms with E-state index in [0.29, 0.717) is 43.1 Å². The molecule has 4 aliphatic carbocycles. The van der Waals surface area contributed by atoms with Crippen molar-refractivity contribution in [3.05, 3.63) is 23.8 Å². The molecule has 3 fully saturated rings. The van der Waals surface area contributed by atoms with Crippen molar-refractivity contribution in [3.63, 3.8) is 0 Å². The zero-order valence-electron chi connectivity index (χ0n) is 20.3. The first-order valence-corrected chi connectivity index (χ1v) is 12.6. The molecule has 5 N–H and O–H groups in total. The van der Waals surface area contributed by atoms with Crippen molar-refractivity contribution in [2.75, 3.05) is 0 Å². The Balaban J connectivity index is 1.63. The number of hydrogen-bond acceptors (Lipinski definition) is 5. The minimum Gasteiger partial charge on any atom is -0.393 e. The Morgan fingerprint density at radius 1 is 1.22 bits per heavy atom. The van der Waals surface area contributed by atoms with E-state index in [1.165, 1.54) is 5.57 Å². The SMILES string of the molecule is C=C(C)C(O)CC[C@](C)(O)[C@H]1[C@@H](O)C[C@H]2[C@@H]3CC=C4C[C@@H](O)CC[C@]4(C)[C@H]3C[C@@H](O)[C@@]21C. The molecule has 5 nitrogen and oxygen atoms in total. The van der Waals surface area contributed by atoms with E-state index in [1.54, 1.807) is 13.8 Å². The molecule has 0 bridgehead atoms. The average Bonchev–Trinajstić information content (AvgIpc) is 3.00. The van der Waals surface area contributed by atoms with E-state index in [9.17, 15) is 25.5 Å². The van der Waals surface area contributed by atoms with Crippen molar-refractivity contribution < 1.29 is 25.5 Å². The van der Waals surface area contributed by atoms with Crippen LogP contribution in [0.3, 0.4) is 0 Å². The van der Waals surface area contributed by atoms with Crippen LogP contribution < -0.4 is 0 Å². The number of fused-ring (bicyclic) bond motifs is 5. The molecule has 0 aromatic heterocycles. The fourth-order valence-corrected chi connectivity index (χ4v) is 8.55. The third-order valence-electron chi connectivity index (χ3n) is 10.4. The van der Waals surface area contributed by atoms with Crippen molar-refractivity contribution >= 4 is 0 Å². The van der Waals surface area contributed by atoms with Gasteiger partial charge in [-0.15, -0.1) is 0 Å². The number of rotatable bonds is 5. The van der Waals surface area contributed by atoms with Gasteiger partial charge < -0.3 is 25.5 Å². The van der Waals surface area contributed by atoms with E-state index < -0.39 is 35.2 Å². The molecule has 0 saturated heterocycles. The van der Waals surface area contributed by atoms with Crippen LogP contribution in [0.15, 0.2) is 23.8 Å². The van der Waals surface area contributed by atoms with Crippen LogP contribution in [0, 0.1) is 34.5 Å². The third-order valence-corrected chi connectivity index (χ3v) is 10.4. The van der Waals surface area contributed by atoms with Crippen molar-refractivity contribution in [1.82, 2.24) is 0 Å². The van der Waals surface area contributed by atoms with Gasteiger partial charge in [0.15, 0.2) is 0 Å². The quantitative estimate of drug-likeness (QED) is 0.415. The smallest absolute Gasteiger partial charge is 0.0745 e. The van der Waals surface area contributed by atoms with Crippen molar-refractivity contribution in [2.45, 2.75) is 109 Å². The van der Waals surface area contributed by atoms with Crippen molar-refractivity contribution in [3.8, 4) is 0 Å². The summed E-state index contributed by atoms with van der Waals surface area (Å²) in [6, 6.07) is 0. The molecule has 0 radical (unpaired) electrons. The molecular weight excluding hydrogens is 404 g/mol. The predicted octanol–water partition coefficient (Wildman–Crippen LogP) is 3.34. The van der Waals surface area contributed by atoms with Crippen LogP contribution in [-0.2, 0) is 0 Å². The highest BCUT2D eigenvalue weighted by Gasteiger charge is 2.67. The van der Waals surface area contributed by atoms with Crippen LogP contribution in [0.5, 0.6) is 0 Å². The molecule has 0 aromatic carbocycles. The van der Waals surface area contributed by atoms with Gasteiger partial charge in [0.05, 0.1) is 30.0 Å². The lowest BCUT2D eigenvalue weighted by Crippen LogP contribution is -2.59. The van der Waals surface area contributed by atoms with Crippen LogP contribution in [-0.4, -0.2) is 55.5 Å². The second kappa shape index (κ2) is 8.20. The van der Waals surface area contributed by atoms with Crippen LogP contribution in [0.25, 0.3) is 0 Å². The van der Waals surface area contributed by atoms with Gasteiger partial charge in [0.1, 0.15) is 0 Å². The summed E-state index contributed by atoms with van der Waals surface area (Å²) in [5, 5.41) is 54.8. The summed E-state index contributed by atoms with van der Waals surface area (Å²) in [4.78, 5) is 0. The van der Waals surface area contributed by atoms with Crippen LogP contribution in [0.1, 0.15) is 79.1 Å². The topological polar surface area (TPSA) is 101 Å². The lowest BCUT2D eigenvalue weighted by Gasteiger charge is -2.60. The van der Waals surface area contributed by atoms with Gasteiger partial charge in [0, 0.05) is 11.3 Å². The summed E-state index contributed by atoms with van der Waals surface area (Å²) in [6.07, 6.45) is 5.55. The number of allylic oxidation sites excluding steroid dienone is 1. The Hall–Kier alpha value is -0.720. The van der Waals surface area contributed by atoms with E-state index in [1.807, 2.05) is 0 Å². The molecule has 1 unspecified atom stereocenters. The van der Waals surface area contributed by atoms with Gasteiger partial charge in [-0.3, -0.25) is 0 Å². The molecule has 182 valence electrons. The highest BCUT2D eigenvalue weighted by molar-refractivity contribution is 5.27. The van der Waals surface area contributed by atoms with Crippen LogP contribution in [0.4, 0.5) is 0 Å². The average molecular weight is 449 g/mol. The molecule has 0 heterocycles. The largest absolute Gasteiger partial charge is 0.393 e. The van der Waals surface area contributed by atoms with Gasteiger partial charge in [0.2, 0.25) is 0 Å². The number of aliphatic hydroxyl groups is 5. The lowest BCUT2D eigenvalue weighted by molar-refractivity contribution is -0.175. The molecule has 0 amide bonds. The van der Waals surface area contributed by atoms with E-state index in [4.69, 9.17) is 0 Å². The highest BCUT2D eigenvalue weighted by Crippen LogP contribution is 2.67. The van der Waals surface area contributed by atoms with Gasteiger partial charge in [-0.25, -0.2) is 0 Å². The fourth-order valence-electron chi connectivity index (χ4n) is 8.55. The molecule has 0 aliphatic heterocycles. The third kappa shape index (κ3) is 3.63. The first-order chi connectivity index (χ1) is 14.8. The lowest BCUT2D eigenvalue weighted by atomic mass is 9.46. The van der Waals surface area contributed by atoms with Crippen LogP contribution in [0.2, 0.25) is 0 Å². The Bertz CT molecular complexity index is 774. The second-order valence-corrected chi connectivity index (χ2v) is 12.3. The Kier molecular flexibility index (Phi) is 6.25. The van der Waals surface area contributed by atoms with Gasteiger partial charge in [-0.2, -0.15) is 0 Å². The maximum atomic E-state index is 11.6. The van der Waals surface area contributed by atoms with Gasteiger partial charge in [-0.1, -0.05) is 37.6 Å². The standard InChI is InChI=1S/C27H44O5/c1-15(2)21(29)9-11-26(4,32)24-22(30)13-20-18-7-6-16-12-17(28)8-10-25(16,3)19(18)14-23(31)27(20,24)5/h6,17-24,28-32H,1,7-14H2,2-5H3/t17-,18+,19-,20-,21?,22-,23+,24+,25-,26-,27+/m0/s1. The van der Waals surface area contributed by atoms with E-state index >= 15 is 0 Å². The van der Waals surface area contributed by atoms with Crippen LogP contribution >= 0.6 is 0 Å². The zero-order valence-corrected chi connectivity index (χ0v) is 20.3. The monoisotopic (exact) mass is 448 g/mol. The Morgan fingerprint density at radius 3 is 2.56 bits per heavy atom. The summed E-state index contributed by atoms with van der Waals surface area (Å²) in [5.41, 5.74) is 0.259. The maximum Gasteiger partial charge on any atom is 0.0745 e. The Labute approximate surface area is 193 Å². The zero-order chi connectivity index (χ0) is 23.6. The summed E-state index contributed by atoms with van der Waals surface area (Å²) < 4.78 is 0.